The number of hydrogen-bond acceptors (Lipinski definition) is 4. The molecule has 8 heteroatoms. The van der Waals surface area contributed by atoms with Crippen molar-refractivity contribution in [1.82, 2.24) is 9.13 Å². The van der Waals surface area contributed by atoms with Gasteiger partial charge in [-0.1, -0.05) is 316 Å². The predicted octanol–water partition coefficient (Wildman–Crippen LogP) is 24.7. The Morgan fingerprint density at radius 2 is 0.737 bits per heavy atom. The molecule has 0 saturated carbocycles. The largest absolute Gasteiger partial charge is 0.310 e. The molecular weight excluding hydrogens is 1410 g/mol. The van der Waals surface area contributed by atoms with Crippen molar-refractivity contribution in [1.29, 1.82) is 0 Å². The van der Waals surface area contributed by atoms with E-state index in [1.807, 2.05) is 23.5 Å². The number of fused-ring (bicyclic) bond motifs is 16. The topological polar surface area (TPSA) is 16.3 Å². The van der Waals surface area contributed by atoms with Gasteiger partial charge in [0.15, 0.2) is 0 Å². The van der Waals surface area contributed by atoms with Gasteiger partial charge in [-0.2, -0.15) is 0 Å². The van der Waals surface area contributed by atoms with Gasteiger partial charge in [0.05, 0.1) is 44.8 Å². The molecule has 0 aliphatic carbocycles. The van der Waals surface area contributed by atoms with Crippen molar-refractivity contribution in [2.24, 2.45) is 0 Å². The molecule has 0 fully saturated rings. The van der Waals surface area contributed by atoms with E-state index in [4.69, 9.17) is 0 Å². The molecule has 0 N–H and O–H groups in total. The molecule has 2 aromatic heterocycles. The highest BCUT2D eigenvalue weighted by atomic mass is 32.2. The summed E-state index contributed by atoms with van der Waals surface area (Å²) in [7, 11) is 0. The molecule has 114 heavy (non-hydrogen) atoms. The van der Waals surface area contributed by atoms with Crippen LogP contribution in [-0.4, -0.2) is 22.6 Å². The van der Waals surface area contributed by atoms with E-state index in [0.717, 1.165) is 6.42 Å². The van der Waals surface area contributed by atoms with Gasteiger partial charge in [0.1, 0.15) is 0 Å². The van der Waals surface area contributed by atoms with Crippen molar-refractivity contribution in [2.45, 2.75) is 162 Å². The maximum atomic E-state index is 2.76. The summed E-state index contributed by atoms with van der Waals surface area (Å²) >= 11 is 3.98. The van der Waals surface area contributed by atoms with Gasteiger partial charge in [0, 0.05) is 86.5 Å². The summed E-state index contributed by atoms with van der Waals surface area (Å²) < 4.78 is 5.15. The molecule has 14 aromatic carbocycles. The molecule has 0 amide bonds. The minimum Gasteiger partial charge on any atom is -0.310 e. The number of hydrogen-bond donors (Lipinski definition) is 0. The number of para-hydroxylation sites is 8. The first-order chi connectivity index (χ1) is 55.3. The number of nitrogens with zero attached hydrogens (tertiary/aromatic N) is 4. The molecule has 0 radical (unpaired) electrons. The van der Waals surface area contributed by atoms with Crippen molar-refractivity contribution >= 4 is 147 Å². The van der Waals surface area contributed by atoms with E-state index in [1.54, 1.807) is 0 Å². The molecule has 0 spiro atoms. The first-order valence-corrected chi connectivity index (χ1v) is 43.3. The van der Waals surface area contributed by atoms with E-state index in [-0.39, 0.29) is 53.8 Å². The molecule has 3 atom stereocenters. The van der Waals surface area contributed by atoms with Crippen LogP contribution in [0.1, 0.15) is 198 Å². The van der Waals surface area contributed by atoms with Gasteiger partial charge < -0.3 is 18.9 Å². The lowest BCUT2D eigenvalue weighted by Gasteiger charge is -2.46. The molecule has 4 bridgehead atoms. The summed E-state index contributed by atoms with van der Waals surface area (Å²) in [6.07, 6.45) is 0.806. The summed E-state index contributed by atoms with van der Waals surface area (Å²) in [4.78, 5) is 10.7. The maximum absolute atomic E-state index is 2.76. The van der Waals surface area contributed by atoms with Crippen LogP contribution < -0.4 is 42.6 Å². The lowest BCUT2D eigenvalue weighted by molar-refractivity contribution is 0.629. The number of aromatic nitrogens is 2. The van der Waals surface area contributed by atoms with Crippen LogP contribution in [0.3, 0.4) is 0 Å². The zero-order valence-corrected chi connectivity index (χ0v) is 69.0. The zero-order valence-electron chi connectivity index (χ0n) is 67.4. The van der Waals surface area contributed by atoms with Gasteiger partial charge in [-0.25, -0.2) is 0 Å². The maximum Gasteiger partial charge on any atom is 0.245 e. The second kappa shape index (κ2) is 25.6. The zero-order chi connectivity index (χ0) is 77.4. The fraction of sp³-hybridized carbons (Fsp3) is 0.208. The van der Waals surface area contributed by atoms with E-state index in [1.165, 1.54) is 214 Å². The van der Waals surface area contributed by atoms with E-state index in [9.17, 15) is 0 Å². The number of anilines is 6. The highest BCUT2D eigenvalue weighted by Gasteiger charge is 2.47. The summed E-state index contributed by atoms with van der Waals surface area (Å²) in [5.41, 5.74) is 40.8. The van der Waals surface area contributed by atoms with Gasteiger partial charge in [0.2, 0.25) is 13.4 Å². The Kier molecular flexibility index (Phi) is 15.6. The van der Waals surface area contributed by atoms with Gasteiger partial charge in [-0.3, -0.25) is 0 Å². The highest BCUT2D eigenvalue weighted by Crippen LogP contribution is 2.59. The fourth-order valence-corrected chi connectivity index (χ4v) is 24.2. The average molecular weight is 1510 g/mol. The summed E-state index contributed by atoms with van der Waals surface area (Å²) in [5, 5.41) is 5.08. The Balaban J connectivity index is 0.823. The van der Waals surface area contributed by atoms with Crippen LogP contribution in [0.4, 0.5) is 34.1 Å². The molecule has 0 saturated heterocycles. The van der Waals surface area contributed by atoms with E-state index < -0.39 is 0 Å². The number of benzene rings is 14. The molecule has 4 nitrogen and oxygen atoms in total. The van der Waals surface area contributed by atoms with Crippen molar-refractivity contribution < 1.29 is 0 Å². The lowest BCUT2D eigenvalue weighted by atomic mass is 9.34. The quantitative estimate of drug-likeness (QED) is 0.134. The normalized spacial score (nSPS) is 16.5. The third kappa shape index (κ3) is 10.0. The van der Waals surface area contributed by atoms with Crippen LogP contribution >= 0.6 is 23.5 Å². The van der Waals surface area contributed by atoms with E-state index in [2.05, 4.69) is 382 Å². The first kappa shape index (κ1) is 69.8. The Bertz CT molecular complexity index is 6500. The van der Waals surface area contributed by atoms with Gasteiger partial charge in [-0.05, 0) is 206 Å². The predicted molar refractivity (Wildman–Crippen MR) is 488 cm³/mol. The molecule has 16 aromatic rings. The smallest absolute Gasteiger partial charge is 0.245 e. The van der Waals surface area contributed by atoms with E-state index in [0.29, 0.717) is 5.92 Å². The van der Waals surface area contributed by atoms with Crippen LogP contribution in [0, 0.1) is 0 Å². The standard InChI is InChI=1S/C106H92B2N4S2/c1-60(2)66-52-79(61(3)4)100(80(53-66)62(5)6)108-89-56-69(109-91-38-20-14-28-75(91)76-29-15-21-39-92(76)109)44-49-99(89)114-104-68(51-72(59-90(104)108)110-93-40-22-16-30-77(93)78-31-17-23-41-94(78)110)50-63(7)67-54-81-64(8)73-32-26-36-85-102(73)111(95-42-24-18-34-83(95)105(85,10)11)70-45-47-97-87(57-70)107-88-58-71(46-48-98(88)113-97)112-96-43-25-19-35-84(96)106(12,13)86-37-27-33-74(103(86)112)65(9)82(55-67)101(81)107/h14-49,51-65H,50H2,1-13H3. The fourth-order valence-electron chi connectivity index (χ4n) is 21.9. The second-order valence-corrected chi connectivity index (χ2v) is 37.8. The molecular formula is C106H92B2N4S2. The van der Waals surface area contributed by atoms with E-state index >= 15 is 0 Å². The van der Waals surface area contributed by atoms with Crippen LogP contribution in [-0.2, 0) is 17.3 Å². The molecule has 6 aliphatic rings. The van der Waals surface area contributed by atoms with Crippen LogP contribution in [0.25, 0.3) is 55.0 Å². The van der Waals surface area contributed by atoms with Gasteiger partial charge >= 0.3 is 0 Å². The molecule has 3 unspecified atom stereocenters. The van der Waals surface area contributed by atoms with Crippen molar-refractivity contribution in [3.8, 4) is 11.4 Å². The number of rotatable bonds is 9. The third-order valence-electron chi connectivity index (χ3n) is 27.6. The Labute approximate surface area is 680 Å². The molecule has 8 heterocycles. The van der Waals surface area contributed by atoms with Gasteiger partial charge in [-0.15, -0.1) is 0 Å². The molecule has 6 aliphatic heterocycles. The van der Waals surface area contributed by atoms with Gasteiger partial charge in [0.25, 0.3) is 0 Å². The highest BCUT2D eigenvalue weighted by molar-refractivity contribution is 8.00. The van der Waals surface area contributed by atoms with Crippen molar-refractivity contribution in [2.75, 3.05) is 9.80 Å². The lowest BCUT2D eigenvalue weighted by Crippen LogP contribution is -2.58. The van der Waals surface area contributed by atoms with Crippen LogP contribution in [0.2, 0.25) is 0 Å². The Hall–Kier alpha value is -10.9. The third-order valence-corrected chi connectivity index (χ3v) is 30.1. The molecule has 22 rings (SSSR count). The Morgan fingerprint density at radius 3 is 1.20 bits per heavy atom. The first-order valence-electron chi connectivity index (χ1n) is 41.6. The van der Waals surface area contributed by atoms with Crippen molar-refractivity contribution in [3.63, 3.8) is 0 Å². The second-order valence-electron chi connectivity index (χ2n) is 35.7. The summed E-state index contributed by atoms with van der Waals surface area (Å²) in [5.74, 6) is 0.877. The van der Waals surface area contributed by atoms with Crippen molar-refractivity contribution in [3.05, 3.63) is 345 Å². The van der Waals surface area contributed by atoms with Crippen LogP contribution in [0.5, 0.6) is 0 Å². The minimum absolute atomic E-state index is 0.0285. The summed E-state index contributed by atoms with van der Waals surface area (Å²) in [6.45, 7) is 31.9. The minimum atomic E-state index is -0.270. The SMILES string of the molecule is CC(C)c1cc(C(C)C)c(B2c3cc(-n4c5ccccc5c5ccccc54)ccc3Sc3c(CC(C)c4cc5c6c(c4)C(C)c4cccc7c4N(c4ccc8c(c4)B6c4cc(ccc4S8)N4c6ccccc6C(C)(C)c6cccc(c64)C5C)c4ccccc4C7(C)C)cc(-n4c5ccccc5c5ccccc54)cc32)c(C(C)C)c1. The van der Waals surface area contributed by atoms with Crippen LogP contribution in [0.15, 0.2) is 293 Å². The monoisotopic (exact) mass is 1510 g/mol. The average Bonchev–Trinajstić information content (AvgIpc) is 0.766. The molecule has 554 valence electrons. The Morgan fingerprint density at radius 1 is 0.342 bits per heavy atom. The summed E-state index contributed by atoms with van der Waals surface area (Å²) in [6, 6.07) is 108.